The predicted molar refractivity (Wildman–Crippen MR) is 102 cm³/mol. The van der Waals surface area contributed by atoms with Crippen LogP contribution in [0.4, 0.5) is 4.79 Å². The highest BCUT2D eigenvalue weighted by molar-refractivity contribution is 5.71. The maximum absolute atomic E-state index is 11.9. The van der Waals surface area contributed by atoms with E-state index in [4.69, 9.17) is 5.73 Å². The second-order valence-corrected chi connectivity index (χ2v) is 6.61. The van der Waals surface area contributed by atoms with Gasteiger partial charge in [-0.1, -0.05) is 50.1 Å². The summed E-state index contributed by atoms with van der Waals surface area (Å²) >= 11 is 0. The van der Waals surface area contributed by atoms with Gasteiger partial charge in [-0.3, -0.25) is 4.98 Å². The van der Waals surface area contributed by atoms with Crippen molar-refractivity contribution < 1.29 is 4.79 Å². The zero-order chi connectivity index (χ0) is 17.9. The molecule has 2 rings (SSSR count). The van der Waals surface area contributed by atoms with E-state index in [0.717, 1.165) is 38.6 Å². The highest BCUT2D eigenvalue weighted by Crippen LogP contribution is 2.17. The Bertz CT molecular complexity index is 574. The van der Waals surface area contributed by atoms with Crippen molar-refractivity contribution in [1.29, 1.82) is 0 Å². The zero-order valence-electron chi connectivity index (χ0n) is 15.1. The Labute approximate surface area is 151 Å². The molecule has 0 aliphatic carbocycles. The first-order valence-electron chi connectivity index (χ1n) is 9.16. The molecule has 0 bridgehead atoms. The van der Waals surface area contributed by atoms with Crippen LogP contribution in [0.5, 0.6) is 0 Å². The Morgan fingerprint density at radius 1 is 1.04 bits per heavy atom. The van der Waals surface area contributed by atoms with Crippen molar-refractivity contribution >= 4 is 6.03 Å². The maximum Gasteiger partial charge on any atom is 0.314 e. The fourth-order valence-electron chi connectivity index (χ4n) is 3.16. The molecule has 2 N–H and O–H groups in total. The normalized spacial score (nSPS) is 11.9. The zero-order valence-corrected chi connectivity index (χ0v) is 15.1. The van der Waals surface area contributed by atoms with Crippen LogP contribution in [0, 0.1) is 5.92 Å². The third-order valence-electron chi connectivity index (χ3n) is 4.46. The summed E-state index contributed by atoms with van der Waals surface area (Å²) in [7, 11) is 0. The Hall–Kier alpha value is -2.36. The third-order valence-corrected chi connectivity index (χ3v) is 4.46. The van der Waals surface area contributed by atoms with E-state index in [9.17, 15) is 4.79 Å². The first-order chi connectivity index (χ1) is 12.2. The third kappa shape index (κ3) is 6.96. The summed E-state index contributed by atoms with van der Waals surface area (Å²) in [6, 6.07) is 14.2. The van der Waals surface area contributed by atoms with Crippen molar-refractivity contribution in [3.63, 3.8) is 0 Å². The molecule has 0 aliphatic rings. The van der Waals surface area contributed by atoms with Crippen molar-refractivity contribution in [3.05, 3.63) is 66.0 Å². The predicted octanol–water partition coefficient (Wildman–Crippen LogP) is 4.05. The molecule has 0 fully saturated rings. The van der Waals surface area contributed by atoms with Crippen molar-refractivity contribution in [3.8, 4) is 0 Å². The van der Waals surface area contributed by atoms with Crippen LogP contribution in [-0.2, 0) is 12.8 Å². The average Bonchev–Trinajstić information content (AvgIpc) is 2.62. The first-order valence-corrected chi connectivity index (χ1v) is 9.16. The maximum atomic E-state index is 11.9. The molecular formula is C21H29N3O. The van der Waals surface area contributed by atoms with Crippen molar-refractivity contribution in [1.82, 2.24) is 9.88 Å². The van der Waals surface area contributed by atoms with E-state index in [1.807, 2.05) is 35.5 Å². The standard InChI is InChI=1S/C21H29N3O/c1-2-3-7-14-24(21(22)25)17-20(15-18-8-5-4-6-9-18)16-19-10-12-23-13-11-19/h4-6,8-13,20H,2-3,7,14-17H2,1H3,(H2,22,25). The lowest BCUT2D eigenvalue weighted by Crippen LogP contribution is -2.40. The quantitative estimate of drug-likeness (QED) is 0.664. The van der Waals surface area contributed by atoms with Gasteiger partial charge in [0.15, 0.2) is 0 Å². The summed E-state index contributed by atoms with van der Waals surface area (Å²) < 4.78 is 0. The average molecular weight is 339 g/mol. The van der Waals surface area contributed by atoms with E-state index in [-0.39, 0.29) is 6.03 Å². The number of carbonyl (C=O) groups is 1. The molecule has 2 amide bonds. The SMILES string of the molecule is CCCCCN(CC(Cc1ccccc1)Cc1ccncc1)C(N)=O. The van der Waals surface area contributed by atoms with Crippen molar-refractivity contribution in [2.75, 3.05) is 13.1 Å². The Morgan fingerprint density at radius 2 is 1.68 bits per heavy atom. The Morgan fingerprint density at radius 3 is 2.28 bits per heavy atom. The lowest BCUT2D eigenvalue weighted by atomic mass is 9.92. The van der Waals surface area contributed by atoms with E-state index in [0.29, 0.717) is 12.5 Å². The number of hydrogen-bond donors (Lipinski definition) is 1. The lowest BCUT2D eigenvalue weighted by molar-refractivity contribution is 0.194. The number of aromatic nitrogens is 1. The molecule has 1 atom stereocenters. The minimum Gasteiger partial charge on any atom is -0.351 e. The van der Waals surface area contributed by atoms with Gasteiger partial charge in [-0.2, -0.15) is 0 Å². The van der Waals surface area contributed by atoms with Crippen LogP contribution < -0.4 is 5.73 Å². The van der Waals surface area contributed by atoms with E-state index in [2.05, 4.69) is 36.2 Å². The molecule has 0 radical (unpaired) electrons. The molecule has 0 spiro atoms. The minimum absolute atomic E-state index is 0.316. The highest BCUT2D eigenvalue weighted by atomic mass is 16.2. The molecule has 0 aliphatic heterocycles. The van der Waals surface area contributed by atoms with Gasteiger partial charge in [0.05, 0.1) is 0 Å². The number of carbonyl (C=O) groups excluding carboxylic acids is 1. The van der Waals surface area contributed by atoms with E-state index < -0.39 is 0 Å². The molecule has 1 unspecified atom stereocenters. The van der Waals surface area contributed by atoms with Gasteiger partial charge in [0, 0.05) is 25.5 Å². The molecule has 2 aromatic rings. The first kappa shape index (κ1) is 19.0. The fraction of sp³-hybridized carbons (Fsp3) is 0.429. The van der Waals surface area contributed by atoms with E-state index in [1.54, 1.807) is 0 Å². The molecule has 134 valence electrons. The topological polar surface area (TPSA) is 59.2 Å². The van der Waals surface area contributed by atoms with Crippen molar-refractivity contribution in [2.24, 2.45) is 11.7 Å². The fourth-order valence-corrected chi connectivity index (χ4v) is 3.16. The molecule has 0 saturated carbocycles. The number of pyridine rings is 1. The highest BCUT2D eigenvalue weighted by Gasteiger charge is 2.18. The number of nitrogens with two attached hydrogens (primary N) is 1. The summed E-state index contributed by atoms with van der Waals surface area (Å²) in [5, 5.41) is 0. The number of amides is 2. The van der Waals surface area contributed by atoms with Crippen LogP contribution in [0.1, 0.15) is 37.3 Å². The number of unbranched alkanes of at least 4 members (excludes halogenated alkanes) is 2. The summed E-state index contributed by atoms with van der Waals surface area (Å²) in [5.41, 5.74) is 8.17. The summed E-state index contributed by atoms with van der Waals surface area (Å²) in [6.07, 6.45) is 8.75. The van der Waals surface area contributed by atoms with E-state index in [1.165, 1.54) is 11.1 Å². The number of rotatable bonds is 10. The van der Waals surface area contributed by atoms with Gasteiger partial charge >= 0.3 is 6.03 Å². The summed E-state index contributed by atoms with van der Waals surface area (Å²) in [4.78, 5) is 17.8. The second-order valence-electron chi connectivity index (χ2n) is 6.61. The van der Waals surface area contributed by atoms with Crippen molar-refractivity contribution in [2.45, 2.75) is 39.0 Å². The van der Waals surface area contributed by atoms with Crippen LogP contribution in [0.15, 0.2) is 54.9 Å². The molecule has 0 saturated heterocycles. The van der Waals surface area contributed by atoms with Gasteiger partial charge in [-0.25, -0.2) is 4.79 Å². The van der Waals surface area contributed by atoms with Gasteiger partial charge in [0.1, 0.15) is 0 Å². The number of nitrogens with zero attached hydrogens (tertiary/aromatic N) is 2. The monoisotopic (exact) mass is 339 g/mol. The number of benzene rings is 1. The number of urea groups is 1. The van der Waals surface area contributed by atoms with E-state index >= 15 is 0 Å². The van der Waals surface area contributed by atoms with Gasteiger partial charge in [-0.15, -0.1) is 0 Å². The largest absolute Gasteiger partial charge is 0.351 e. The van der Waals surface area contributed by atoms with Gasteiger partial charge in [0.2, 0.25) is 0 Å². The smallest absolute Gasteiger partial charge is 0.314 e. The lowest BCUT2D eigenvalue weighted by Gasteiger charge is -2.26. The van der Waals surface area contributed by atoms with Gasteiger partial charge in [-0.05, 0) is 48.4 Å². The molecule has 4 heteroatoms. The Kier molecular flexibility index (Phi) is 7.96. The van der Waals surface area contributed by atoms with Crippen LogP contribution in [-0.4, -0.2) is 29.0 Å². The Balaban J connectivity index is 2.07. The molecule has 1 aromatic heterocycles. The molecule has 1 heterocycles. The van der Waals surface area contributed by atoms with Crippen LogP contribution in [0.2, 0.25) is 0 Å². The van der Waals surface area contributed by atoms with Gasteiger partial charge < -0.3 is 10.6 Å². The molecular weight excluding hydrogens is 310 g/mol. The summed E-state index contributed by atoms with van der Waals surface area (Å²) in [5.74, 6) is 0.332. The summed E-state index contributed by atoms with van der Waals surface area (Å²) in [6.45, 7) is 3.59. The molecule has 1 aromatic carbocycles. The van der Waals surface area contributed by atoms with Crippen LogP contribution in [0.25, 0.3) is 0 Å². The van der Waals surface area contributed by atoms with Gasteiger partial charge in [0.25, 0.3) is 0 Å². The van der Waals surface area contributed by atoms with Crippen LogP contribution in [0.3, 0.4) is 0 Å². The minimum atomic E-state index is -0.316. The molecule has 25 heavy (non-hydrogen) atoms. The second kappa shape index (κ2) is 10.5. The molecule has 4 nitrogen and oxygen atoms in total. The van der Waals surface area contributed by atoms with Crippen LogP contribution >= 0.6 is 0 Å². The number of hydrogen-bond acceptors (Lipinski definition) is 2. The number of primary amides is 1.